The van der Waals surface area contributed by atoms with Crippen molar-refractivity contribution in [1.29, 1.82) is 0 Å². The minimum Gasteiger partial charge on any atom is -0.497 e. The van der Waals surface area contributed by atoms with Gasteiger partial charge in [0.15, 0.2) is 11.5 Å². The number of ether oxygens (including phenoxy) is 3. The Labute approximate surface area is 343 Å². The van der Waals surface area contributed by atoms with Gasteiger partial charge in [-0.25, -0.2) is 0 Å². The average Bonchev–Trinajstić information content (AvgIpc) is 3.17. The first-order chi connectivity index (χ1) is 24.7. The van der Waals surface area contributed by atoms with Crippen LogP contribution in [0, 0.1) is 34.6 Å². The monoisotopic (exact) mass is 757 g/mol. The van der Waals surface area contributed by atoms with Gasteiger partial charge >= 0.3 is 0 Å². The maximum atomic E-state index is 5.09. The molecule has 7 aromatic carbocycles. The SMILES string of the molecule is C.C.C.C.C.COc1ccc(C)cc1.COc1ccc(C)cc1OC.Cc1ccc(-c2ccccc2)cc1.Cc1cccc2ccccc12.Cc1ccccc1. The van der Waals surface area contributed by atoms with Crippen LogP contribution in [0.1, 0.15) is 65.0 Å². The molecule has 3 heteroatoms. The maximum Gasteiger partial charge on any atom is 0.160 e. The molecule has 0 heterocycles. The molecule has 56 heavy (non-hydrogen) atoms. The molecule has 0 aromatic heterocycles. The zero-order chi connectivity index (χ0) is 36.8. The molecule has 0 N–H and O–H groups in total. The van der Waals surface area contributed by atoms with E-state index in [1.807, 2.05) is 73.7 Å². The fraction of sp³-hybridized carbons (Fsp3) is 0.245. The summed E-state index contributed by atoms with van der Waals surface area (Å²) in [6.45, 7) is 10.4. The highest BCUT2D eigenvalue weighted by molar-refractivity contribution is 5.85. The number of fused-ring (bicyclic) bond motifs is 1. The van der Waals surface area contributed by atoms with Gasteiger partial charge in [0, 0.05) is 0 Å². The van der Waals surface area contributed by atoms with Crippen molar-refractivity contribution in [3.05, 3.63) is 198 Å². The van der Waals surface area contributed by atoms with Gasteiger partial charge in [-0.05, 0) is 91.9 Å². The van der Waals surface area contributed by atoms with Gasteiger partial charge in [-0.1, -0.05) is 199 Å². The van der Waals surface area contributed by atoms with Gasteiger partial charge in [-0.3, -0.25) is 0 Å². The second-order valence-corrected chi connectivity index (χ2v) is 12.1. The quantitative estimate of drug-likeness (QED) is 0.179. The summed E-state index contributed by atoms with van der Waals surface area (Å²) in [6.07, 6.45) is 0. The first kappa shape index (κ1) is 54.5. The van der Waals surface area contributed by atoms with Crippen LogP contribution >= 0.6 is 0 Å². The summed E-state index contributed by atoms with van der Waals surface area (Å²) in [7, 11) is 4.94. The zero-order valence-electron chi connectivity index (χ0n) is 31.4. The van der Waals surface area contributed by atoms with Crippen molar-refractivity contribution in [2.45, 2.75) is 71.8 Å². The maximum absolute atomic E-state index is 5.09. The lowest BCUT2D eigenvalue weighted by Gasteiger charge is -2.06. The predicted octanol–water partition coefficient (Wildman–Crippen LogP) is 16.0. The third kappa shape index (κ3) is 19.5. The van der Waals surface area contributed by atoms with Crippen molar-refractivity contribution in [1.82, 2.24) is 0 Å². The number of hydrogen-bond acceptors (Lipinski definition) is 3. The molecule has 0 aliphatic carbocycles. The number of rotatable bonds is 4. The number of aryl methyl sites for hydroxylation is 5. The van der Waals surface area contributed by atoms with Gasteiger partial charge in [0.05, 0.1) is 21.3 Å². The van der Waals surface area contributed by atoms with Crippen molar-refractivity contribution >= 4 is 10.8 Å². The fourth-order valence-electron chi connectivity index (χ4n) is 4.92. The first-order valence-corrected chi connectivity index (χ1v) is 17.1. The topological polar surface area (TPSA) is 27.7 Å². The van der Waals surface area contributed by atoms with E-state index in [1.165, 1.54) is 49.7 Å². The molecule has 0 radical (unpaired) electrons. The van der Waals surface area contributed by atoms with Gasteiger partial charge in [0.25, 0.3) is 0 Å². The molecule has 302 valence electrons. The van der Waals surface area contributed by atoms with Gasteiger partial charge in [0.2, 0.25) is 0 Å². The van der Waals surface area contributed by atoms with E-state index in [0.717, 1.165) is 17.2 Å². The van der Waals surface area contributed by atoms with Crippen LogP contribution in [0.3, 0.4) is 0 Å². The molecule has 7 rings (SSSR count). The van der Waals surface area contributed by atoms with Crippen molar-refractivity contribution in [2.75, 3.05) is 21.3 Å². The highest BCUT2D eigenvalue weighted by Gasteiger charge is 2.00. The molecular formula is C53H72O3. The van der Waals surface area contributed by atoms with E-state index in [2.05, 4.69) is 131 Å². The Morgan fingerprint density at radius 1 is 0.321 bits per heavy atom. The molecule has 0 saturated carbocycles. The van der Waals surface area contributed by atoms with E-state index in [4.69, 9.17) is 14.2 Å². The van der Waals surface area contributed by atoms with Gasteiger partial charge < -0.3 is 14.2 Å². The molecule has 0 fully saturated rings. The second-order valence-electron chi connectivity index (χ2n) is 12.1. The molecule has 0 unspecified atom stereocenters. The molecule has 3 nitrogen and oxygen atoms in total. The Morgan fingerprint density at radius 2 is 0.750 bits per heavy atom. The highest BCUT2D eigenvalue weighted by Crippen LogP contribution is 2.27. The summed E-state index contributed by atoms with van der Waals surface area (Å²) in [5.41, 5.74) is 8.97. The van der Waals surface area contributed by atoms with Crippen LogP contribution in [0.25, 0.3) is 21.9 Å². The summed E-state index contributed by atoms with van der Waals surface area (Å²) >= 11 is 0. The van der Waals surface area contributed by atoms with Crippen molar-refractivity contribution in [3.63, 3.8) is 0 Å². The molecule has 0 atom stereocenters. The van der Waals surface area contributed by atoms with E-state index in [-0.39, 0.29) is 37.1 Å². The number of hydrogen-bond donors (Lipinski definition) is 0. The third-order valence-electron chi connectivity index (χ3n) is 7.90. The van der Waals surface area contributed by atoms with Crippen LogP contribution in [0.5, 0.6) is 17.2 Å². The summed E-state index contributed by atoms with van der Waals surface area (Å²) in [6, 6.07) is 57.9. The Kier molecular flexibility index (Phi) is 29.7. The minimum absolute atomic E-state index is 0. The zero-order valence-corrected chi connectivity index (χ0v) is 31.4. The molecule has 0 spiro atoms. The van der Waals surface area contributed by atoms with Crippen molar-refractivity contribution < 1.29 is 14.2 Å². The lowest BCUT2D eigenvalue weighted by Crippen LogP contribution is -1.90. The van der Waals surface area contributed by atoms with E-state index in [9.17, 15) is 0 Å². The summed E-state index contributed by atoms with van der Waals surface area (Å²) < 4.78 is 15.1. The fourth-order valence-corrected chi connectivity index (χ4v) is 4.92. The van der Waals surface area contributed by atoms with Crippen LogP contribution < -0.4 is 14.2 Å². The summed E-state index contributed by atoms with van der Waals surface area (Å²) in [5.74, 6) is 2.48. The molecule has 0 saturated heterocycles. The Bertz CT molecular complexity index is 1960. The lowest BCUT2D eigenvalue weighted by molar-refractivity contribution is 0.354. The predicted molar refractivity (Wildman–Crippen MR) is 252 cm³/mol. The normalized spacial score (nSPS) is 8.71. The van der Waals surface area contributed by atoms with Crippen LogP contribution in [0.4, 0.5) is 0 Å². The van der Waals surface area contributed by atoms with E-state index >= 15 is 0 Å². The van der Waals surface area contributed by atoms with E-state index < -0.39 is 0 Å². The van der Waals surface area contributed by atoms with Crippen molar-refractivity contribution in [2.24, 2.45) is 0 Å². The van der Waals surface area contributed by atoms with Gasteiger partial charge in [-0.15, -0.1) is 0 Å². The molecular weight excluding hydrogens is 685 g/mol. The highest BCUT2D eigenvalue weighted by atomic mass is 16.5. The standard InChI is InChI=1S/C13H12.C11H10.C9H12O2.C8H10O.C7H8.5CH4/c1-11-7-9-13(10-8-11)12-5-3-2-4-6-12;1-9-5-4-7-10-6-2-3-8-11(9)10;1-7-4-5-8(10-2)9(6-7)11-3;1-7-3-5-8(9-2)6-4-7;1-7-5-3-2-4-6-7;;;;;/h2-10H,1H3;2-8H,1H3;4-6H,1-3H3;3-6H,1-2H3;2-6H,1H3;5*1H4. The van der Waals surface area contributed by atoms with Crippen LogP contribution in [-0.2, 0) is 0 Å². The van der Waals surface area contributed by atoms with Crippen LogP contribution in [0.15, 0.2) is 170 Å². The summed E-state index contributed by atoms with van der Waals surface area (Å²) in [5, 5.41) is 2.68. The number of methoxy groups -OCH3 is 3. The Hall–Kier alpha value is -5.80. The minimum atomic E-state index is 0. The molecule has 0 amide bonds. The average molecular weight is 757 g/mol. The van der Waals surface area contributed by atoms with E-state index in [1.54, 1.807) is 21.3 Å². The van der Waals surface area contributed by atoms with Crippen LogP contribution in [0.2, 0.25) is 0 Å². The lowest BCUT2D eigenvalue weighted by atomic mass is 10.0. The van der Waals surface area contributed by atoms with Gasteiger partial charge in [-0.2, -0.15) is 0 Å². The molecule has 0 aliphatic rings. The third-order valence-corrected chi connectivity index (χ3v) is 7.90. The Morgan fingerprint density at radius 3 is 1.23 bits per heavy atom. The second kappa shape index (κ2) is 30.5. The smallest absolute Gasteiger partial charge is 0.160 e. The van der Waals surface area contributed by atoms with E-state index in [0.29, 0.717) is 0 Å². The summed E-state index contributed by atoms with van der Waals surface area (Å²) in [4.78, 5) is 0. The van der Waals surface area contributed by atoms with Crippen molar-refractivity contribution in [3.8, 4) is 28.4 Å². The largest absolute Gasteiger partial charge is 0.497 e. The first-order valence-electron chi connectivity index (χ1n) is 17.1. The molecule has 0 bridgehead atoms. The Balaban J connectivity index is -0.000000621. The van der Waals surface area contributed by atoms with Gasteiger partial charge in [0.1, 0.15) is 5.75 Å². The molecule has 0 aliphatic heterocycles. The number of benzene rings is 7. The van der Waals surface area contributed by atoms with Crippen LogP contribution in [-0.4, -0.2) is 21.3 Å². The molecule has 7 aromatic rings.